The smallest absolute Gasteiger partial charge is 0.295 e. The van der Waals surface area contributed by atoms with Gasteiger partial charge in [-0.1, -0.05) is 18.2 Å². The Balaban J connectivity index is 1.52. The zero-order valence-electron chi connectivity index (χ0n) is 16.3. The topological polar surface area (TPSA) is 86.4 Å². The molecule has 1 aliphatic heterocycles. The van der Waals surface area contributed by atoms with Gasteiger partial charge in [-0.05, 0) is 38.1 Å². The predicted molar refractivity (Wildman–Crippen MR) is 109 cm³/mol. The van der Waals surface area contributed by atoms with Crippen molar-refractivity contribution in [2.24, 2.45) is 0 Å². The Kier molecular flexibility index (Phi) is 4.88. The number of aromatic amines is 1. The van der Waals surface area contributed by atoms with Crippen molar-refractivity contribution in [2.45, 2.75) is 25.9 Å². The van der Waals surface area contributed by atoms with Crippen molar-refractivity contribution in [1.82, 2.24) is 19.8 Å². The van der Waals surface area contributed by atoms with Crippen molar-refractivity contribution >= 4 is 28.6 Å². The molecule has 1 aliphatic rings. The molecule has 1 aromatic carbocycles. The molecule has 0 spiro atoms. The number of nitrogens with zero attached hydrogens (tertiary/aromatic N) is 3. The molecule has 0 saturated carbocycles. The van der Waals surface area contributed by atoms with Gasteiger partial charge in [0.05, 0.1) is 5.56 Å². The number of nitrogens with one attached hydrogen (secondary N) is 1. The van der Waals surface area contributed by atoms with Crippen molar-refractivity contribution in [1.29, 1.82) is 0 Å². The first kappa shape index (κ1) is 18.9. The summed E-state index contributed by atoms with van der Waals surface area (Å²) in [5, 5.41) is 0.629. The number of benzene rings is 1. The van der Waals surface area contributed by atoms with Crippen LogP contribution in [0.1, 0.15) is 34.6 Å². The van der Waals surface area contributed by atoms with Gasteiger partial charge in [0, 0.05) is 48.5 Å². The first-order chi connectivity index (χ1) is 14.0. The molecule has 1 saturated heterocycles. The van der Waals surface area contributed by atoms with Gasteiger partial charge in [0.25, 0.3) is 17.6 Å². The summed E-state index contributed by atoms with van der Waals surface area (Å²) in [5.41, 5.74) is 1.51. The number of piperazine rings is 1. The molecule has 148 valence electrons. The van der Waals surface area contributed by atoms with Crippen LogP contribution in [0, 0.1) is 0 Å². The highest BCUT2D eigenvalue weighted by Crippen LogP contribution is 2.21. The lowest BCUT2D eigenvalue weighted by Crippen LogP contribution is -2.60. The molecule has 0 unspecified atom stereocenters. The van der Waals surface area contributed by atoms with Crippen molar-refractivity contribution < 1.29 is 14.4 Å². The quantitative estimate of drug-likeness (QED) is 0.550. The van der Waals surface area contributed by atoms with Gasteiger partial charge in [-0.15, -0.1) is 0 Å². The molecule has 7 nitrogen and oxygen atoms in total. The van der Waals surface area contributed by atoms with Crippen molar-refractivity contribution in [3.05, 3.63) is 66.0 Å². The lowest BCUT2D eigenvalue weighted by Gasteiger charge is -2.43. The number of pyridine rings is 1. The normalized spacial score (nSPS) is 19.4. The maximum atomic E-state index is 13.0. The second kappa shape index (κ2) is 7.50. The third-order valence-electron chi connectivity index (χ3n) is 5.42. The monoisotopic (exact) mass is 390 g/mol. The molecule has 7 heteroatoms. The fourth-order valence-corrected chi connectivity index (χ4v) is 3.83. The van der Waals surface area contributed by atoms with Crippen LogP contribution in [0.25, 0.3) is 11.0 Å². The third kappa shape index (κ3) is 3.40. The lowest BCUT2D eigenvalue weighted by atomic mass is 10.0. The average molecular weight is 390 g/mol. The first-order valence-corrected chi connectivity index (χ1v) is 9.60. The number of carbonyl (C=O) groups is 3. The van der Waals surface area contributed by atoms with Crippen LogP contribution in [0.2, 0.25) is 0 Å². The number of H-pyrrole nitrogens is 1. The van der Waals surface area contributed by atoms with Crippen LogP contribution in [0.15, 0.2) is 54.9 Å². The van der Waals surface area contributed by atoms with Crippen LogP contribution in [0.4, 0.5) is 0 Å². The van der Waals surface area contributed by atoms with E-state index in [2.05, 4.69) is 9.97 Å². The number of amides is 2. The minimum Gasteiger partial charge on any atom is -0.345 e. The van der Waals surface area contributed by atoms with E-state index < -0.39 is 11.7 Å². The van der Waals surface area contributed by atoms with Crippen LogP contribution in [0.5, 0.6) is 0 Å². The molecule has 3 heterocycles. The van der Waals surface area contributed by atoms with E-state index in [1.807, 2.05) is 32.0 Å². The van der Waals surface area contributed by atoms with Gasteiger partial charge < -0.3 is 14.8 Å². The summed E-state index contributed by atoms with van der Waals surface area (Å²) in [6, 6.07) is 12.1. The number of hydrogen-bond acceptors (Lipinski definition) is 4. The van der Waals surface area contributed by atoms with Crippen LogP contribution >= 0.6 is 0 Å². The minimum absolute atomic E-state index is 0.0638. The summed E-state index contributed by atoms with van der Waals surface area (Å²) in [5.74, 6) is -1.18. The zero-order valence-corrected chi connectivity index (χ0v) is 16.3. The molecule has 1 fully saturated rings. The molecule has 2 aromatic heterocycles. The standard InChI is InChI=1S/C22H22N4O3/c1-14-13-26(15(2)12-25(14)21(28)16-7-4-3-5-8-16)22(29)19(27)18-11-24-20-17(18)9-6-10-23-20/h3-11,14-15H,12-13H2,1-2H3,(H,23,24)/t14-,15+/m0/s1. The molecule has 2 amide bonds. The molecule has 29 heavy (non-hydrogen) atoms. The second-order valence-electron chi connectivity index (χ2n) is 7.41. The van der Waals surface area contributed by atoms with Gasteiger partial charge in [-0.25, -0.2) is 4.98 Å². The summed E-state index contributed by atoms with van der Waals surface area (Å²) in [4.78, 5) is 49.1. The zero-order chi connectivity index (χ0) is 20.5. The number of hydrogen-bond donors (Lipinski definition) is 1. The Morgan fingerprint density at radius 3 is 2.41 bits per heavy atom. The predicted octanol–water partition coefficient (Wildman–Crippen LogP) is 2.51. The summed E-state index contributed by atoms with van der Waals surface area (Å²) in [7, 11) is 0. The van der Waals surface area contributed by atoms with E-state index in [0.717, 1.165) is 0 Å². The lowest BCUT2D eigenvalue weighted by molar-refractivity contribution is -0.131. The van der Waals surface area contributed by atoms with Gasteiger partial charge in [-0.2, -0.15) is 0 Å². The molecule has 4 rings (SSSR count). The molecular weight excluding hydrogens is 368 g/mol. The van der Waals surface area contributed by atoms with E-state index in [9.17, 15) is 14.4 Å². The first-order valence-electron chi connectivity index (χ1n) is 9.60. The largest absolute Gasteiger partial charge is 0.345 e. The number of aromatic nitrogens is 2. The summed E-state index contributed by atoms with van der Waals surface area (Å²) < 4.78 is 0. The Labute approximate surface area is 168 Å². The Bertz CT molecular complexity index is 1080. The van der Waals surface area contributed by atoms with Gasteiger partial charge >= 0.3 is 0 Å². The number of fused-ring (bicyclic) bond motifs is 1. The van der Waals surface area contributed by atoms with Crippen molar-refractivity contribution in [2.75, 3.05) is 13.1 Å². The van der Waals surface area contributed by atoms with Gasteiger partial charge in [0.1, 0.15) is 5.65 Å². The van der Waals surface area contributed by atoms with E-state index in [0.29, 0.717) is 35.2 Å². The highest BCUT2D eigenvalue weighted by atomic mass is 16.2. The van der Waals surface area contributed by atoms with Crippen LogP contribution in [-0.4, -0.2) is 62.5 Å². The van der Waals surface area contributed by atoms with Gasteiger partial charge in [-0.3, -0.25) is 14.4 Å². The van der Waals surface area contributed by atoms with E-state index in [4.69, 9.17) is 0 Å². The van der Waals surface area contributed by atoms with Crippen molar-refractivity contribution in [3.63, 3.8) is 0 Å². The number of rotatable bonds is 3. The van der Waals surface area contributed by atoms with E-state index in [-0.39, 0.29) is 18.0 Å². The van der Waals surface area contributed by atoms with Gasteiger partial charge in [0.2, 0.25) is 0 Å². The van der Waals surface area contributed by atoms with Crippen LogP contribution in [0.3, 0.4) is 0 Å². The van der Waals surface area contributed by atoms with E-state index >= 15 is 0 Å². The minimum atomic E-state index is -0.564. The number of ketones is 1. The van der Waals surface area contributed by atoms with Crippen molar-refractivity contribution in [3.8, 4) is 0 Å². The summed E-state index contributed by atoms with van der Waals surface area (Å²) >= 11 is 0. The van der Waals surface area contributed by atoms with Crippen LogP contribution < -0.4 is 0 Å². The van der Waals surface area contributed by atoms with E-state index in [1.54, 1.807) is 40.3 Å². The number of Topliss-reactive ketones (excluding diaryl/α,β-unsaturated/α-hetero) is 1. The van der Waals surface area contributed by atoms with Crippen LogP contribution in [-0.2, 0) is 4.79 Å². The maximum absolute atomic E-state index is 13.0. The number of carbonyl (C=O) groups excluding carboxylic acids is 3. The van der Waals surface area contributed by atoms with Gasteiger partial charge in [0.15, 0.2) is 0 Å². The summed E-state index contributed by atoms with van der Waals surface area (Å²) in [6.07, 6.45) is 3.16. The molecule has 3 aromatic rings. The molecule has 0 radical (unpaired) electrons. The third-order valence-corrected chi connectivity index (χ3v) is 5.42. The Morgan fingerprint density at radius 2 is 1.66 bits per heavy atom. The highest BCUT2D eigenvalue weighted by molar-refractivity contribution is 6.44. The Morgan fingerprint density at radius 1 is 0.966 bits per heavy atom. The maximum Gasteiger partial charge on any atom is 0.295 e. The fourth-order valence-electron chi connectivity index (χ4n) is 3.83. The summed E-state index contributed by atoms with van der Waals surface area (Å²) in [6.45, 7) is 4.44. The molecule has 0 aliphatic carbocycles. The SMILES string of the molecule is C[C@@H]1CN(C(=O)c2ccccc2)[C@@H](C)CN1C(=O)C(=O)c1c[nH]c2ncccc12. The highest BCUT2D eigenvalue weighted by Gasteiger charge is 2.37. The average Bonchev–Trinajstić information content (AvgIpc) is 3.18. The Hall–Kier alpha value is -3.48. The van der Waals surface area contributed by atoms with E-state index in [1.165, 1.54) is 6.20 Å². The fraction of sp³-hybridized carbons (Fsp3) is 0.273. The molecule has 2 atom stereocenters. The molecule has 1 N–H and O–H groups in total. The molecular formula is C22H22N4O3. The second-order valence-corrected chi connectivity index (χ2v) is 7.41. The molecule has 0 bridgehead atoms.